The van der Waals surface area contributed by atoms with Crippen molar-refractivity contribution in [1.82, 2.24) is 0 Å². The number of ether oxygens (including phenoxy) is 2. The highest BCUT2D eigenvalue weighted by Gasteiger charge is 2.15. The fraction of sp³-hybridized carbons (Fsp3) is 0.875. The maximum absolute atomic E-state index is 5.18. The lowest BCUT2D eigenvalue weighted by Gasteiger charge is -2.19. The van der Waals surface area contributed by atoms with Crippen molar-refractivity contribution in [2.24, 2.45) is 0 Å². The van der Waals surface area contributed by atoms with E-state index in [2.05, 4.69) is 6.92 Å². The molecule has 1 radical (unpaired) electrons. The fourth-order valence-electron chi connectivity index (χ4n) is 0.881. The van der Waals surface area contributed by atoms with Crippen LogP contribution in [0.15, 0.2) is 0 Å². The van der Waals surface area contributed by atoms with Gasteiger partial charge in [-0.3, -0.25) is 0 Å². The van der Waals surface area contributed by atoms with Crippen LogP contribution < -0.4 is 0 Å². The Kier molecular flexibility index (Phi) is 5.64. The van der Waals surface area contributed by atoms with Crippen molar-refractivity contribution >= 4 is 0 Å². The van der Waals surface area contributed by atoms with E-state index in [1.807, 2.05) is 6.92 Å². The fourth-order valence-corrected chi connectivity index (χ4v) is 0.881. The van der Waals surface area contributed by atoms with Crippen LogP contribution >= 0.6 is 0 Å². The van der Waals surface area contributed by atoms with Gasteiger partial charge < -0.3 is 9.47 Å². The minimum Gasteiger partial charge on any atom is -0.378 e. The van der Waals surface area contributed by atoms with Crippen LogP contribution in [0.1, 0.15) is 26.7 Å². The summed E-state index contributed by atoms with van der Waals surface area (Å²) in [5, 5.41) is 0. The highest BCUT2D eigenvalue weighted by Crippen LogP contribution is 2.14. The molecule has 0 amide bonds. The van der Waals surface area contributed by atoms with Crippen molar-refractivity contribution in [3.05, 3.63) is 6.10 Å². The van der Waals surface area contributed by atoms with Gasteiger partial charge in [0.25, 0.3) is 0 Å². The molecule has 0 aromatic heterocycles. The average molecular weight is 145 g/mol. The first-order valence-corrected chi connectivity index (χ1v) is 3.66. The summed E-state index contributed by atoms with van der Waals surface area (Å²) < 4.78 is 10.2. The quantitative estimate of drug-likeness (QED) is 0.589. The lowest BCUT2D eigenvalue weighted by molar-refractivity contribution is 0.0319. The second-order valence-electron chi connectivity index (χ2n) is 2.33. The minimum absolute atomic E-state index is 0.176. The van der Waals surface area contributed by atoms with Crippen LogP contribution in [0.2, 0.25) is 0 Å². The normalized spacial score (nSPS) is 14.1. The van der Waals surface area contributed by atoms with Gasteiger partial charge in [-0.25, -0.2) is 0 Å². The summed E-state index contributed by atoms with van der Waals surface area (Å²) in [5.74, 6) is 0. The first-order chi connectivity index (χ1) is 4.76. The molecule has 0 aliphatic rings. The largest absolute Gasteiger partial charge is 0.378 e. The third-order valence-electron chi connectivity index (χ3n) is 1.61. The molecule has 0 fully saturated rings. The molecule has 0 bridgehead atoms. The number of methoxy groups -OCH3 is 2. The summed E-state index contributed by atoms with van der Waals surface area (Å²) in [5.41, 5.74) is 0. The summed E-state index contributed by atoms with van der Waals surface area (Å²) in [6.07, 6.45) is 3.30. The number of hydrogen-bond acceptors (Lipinski definition) is 2. The number of rotatable bonds is 5. The molecule has 10 heavy (non-hydrogen) atoms. The van der Waals surface area contributed by atoms with Gasteiger partial charge in [0, 0.05) is 14.2 Å². The molecule has 2 nitrogen and oxygen atoms in total. The van der Waals surface area contributed by atoms with Gasteiger partial charge in [-0.2, -0.15) is 0 Å². The number of hydrogen-bond donors (Lipinski definition) is 0. The Morgan fingerprint density at radius 3 is 2.30 bits per heavy atom. The molecular weight excluding hydrogens is 128 g/mol. The molecule has 1 unspecified atom stereocenters. The van der Waals surface area contributed by atoms with Crippen LogP contribution in [0.25, 0.3) is 0 Å². The van der Waals surface area contributed by atoms with Gasteiger partial charge >= 0.3 is 0 Å². The molecule has 0 N–H and O–H groups in total. The molecule has 0 spiro atoms. The predicted octanol–water partition coefficient (Wildman–Crippen LogP) is 2.00. The zero-order valence-electron chi connectivity index (χ0n) is 7.31. The van der Waals surface area contributed by atoms with Crippen molar-refractivity contribution in [3.63, 3.8) is 0 Å². The van der Waals surface area contributed by atoms with E-state index in [1.165, 1.54) is 0 Å². The summed E-state index contributed by atoms with van der Waals surface area (Å²) >= 11 is 0. The van der Waals surface area contributed by atoms with E-state index in [4.69, 9.17) is 9.47 Å². The van der Waals surface area contributed by atoms with Crippen molar-refractivity contribution in [3.8, 4) is 0 Å². The predicted molar refractivity (Wildman–Crippen MR) is 41.6 cm³/mol. The Bertz CT molecular complexity index is 73.7. The van der Waals surface area contributed by atoms with E-state index in [-0.39, 0.29) is 6.10 Å². The molecule has 0 rings (SSSR count). The Labute approximate surface area is 63.5 Å². The van der Waals surface area contributed by atoms with E-state index in [0.717, 1.165) is 18.9 Å². The average Bonchev–Trinajstić information content (AvgIpc) is 1.99. The SMILES string of the molecule is CCCC(OC)[C](C)OC. The van der Waals surface area contributed by atoms with Crippen molar-refractivity contribution in [2.45, 2.75) is 32.8 Å². The first-order valence-electron chi connectivity index (χ1n) is 3.66. The summed E-state index contributed by atoms with van der Waals surface area (Å²) in [7, 11) is 3.39. The minimum atomic E-state index is 0.176. The Morgan fingerprint density at radius 2 is 2.00 bits per heavy atom. The summed E-state index contributed by atoms with van der Waals surface area (Å²) in [4.78, 5) is 0. The first kappa shape index (κ1) is 9.92. The molecule has 2 heteroatoms. The smallest absolute Gasteiger partial charge is 0.122 e. The van der Waals surface area contributed by atoms with Crippen LogP contribution in [0.3, 0.4) is 0 Å². The molecule has 0 saturated heterocycles. The van der Waals surface area contributed by atoms with E-state index < -0.39 is 0 Å². The summed E-state index contributed by atoms with van der Waals surface area (Å²) in [6.45, 7) is 4.08. The highest BCUT2D eigenvalue weighted by molar-refractivity contribution is 4.82. The van der Waals surface area contributed by atoms with Gasteiger partial charge in [-0.05, 0) is 13.3 Å². The van der Waals surface area contributed by atoms with Gasteiger partial charge in [0.2, 0.25) is 0 Å². The van der Waals surface area contributed by atoms with Crippen molar-refractivity contribution < 1.29 is 9.47 Å². The molecule has 1 atom stereocenters. The molecule has 0 aromatic carbocycles. The Hall–Kier alpha value is -0.0800. The second kappa shape index (κ2) is 5.69. The highest BCUT2D eigenvalue weighted by atomic mass is 16.5. The molecule has 0 saturated carbocycles. The summed E-state index contributed by atoms with van der Waals surface area (Å²) in [6, 6.07) is 0. The Balaban J connectivity index is 3.56. The van der Waals surface area contributed by atoms with E-state index >= 15 is 0 Å². The van der Waals surface area contributed by atoms with Gasteiger partial charge in [0.15, 0.2) is 0 Å². The second-order valence-corrected chi connectivity index (χ2v) is 2.33. The zero-order chi connectivity index (χ0) is 7.98. The van der Waals surface area contributed by atoms with Crippen molar-refractivity contribution in [1.29, 1.82) is 0 Å². The molecule has 0 aliphatic heterocycles. The molecule has 0 aliphatic carbocycles. The van der Waals surface area contributed by atoms with Crippen LogP contribution in [-0.2, 0) is 9.47 Å². The van der Waals surface area contributed by atoms with Crippen LogP contribution in [0.5, 0.6) is 0 Å². The van der Waals surface area contributed by atoms with Gasteiger partial charge in [0.05, 0.1) is 6.10 Å². The van der Waals surface area contributed by atoms with Gasteiger partial charge in [-0.15, -0.1) is 0 Å². The van der Waals surface area contributed by atoms with Crippen molar-refractivity contribution in [2.75, 3.05) is 14.2 Å². The van der Waals surface area contributed by atoms with E-state index in [1.54, 1.807) is 14.2 Å². The topological polar surface area (TPSA) is 18.5 Å². The molecule has 0 heterocycles. The maximum atomic E-state index is 5.18. The monoisotopic (exact) mass is 145 g/mol. The molecule has 0 aromatic rings. The van der Waals surface area contributed by atoms with Gasteiger partial charge in [-0.1, -0.05) is 13.3 Å². The lowest BCUT2D eigenvalue weighted by atomic mass is 10.1. The third-order valence-corrected chi connectivity index (χ3v) is 1.61. The van der Waals surface area contributed by atoms with E-state index in [9.17, 15) is 0 Å². The third kappa shape index (κ3) is 3.18. The standard InChI is InChI=1S/C8H17O2/c1-5-6-8(10-4)7(2)9-3/h8H,5-6H2,1-4H3. The Morgan fingerprint density at radius 1 is 1.40 bits per heavy atom. The van der Waals surface area contributed by atoms with Crippen LogP contribution in [-0.4, -0.2) is 20.3 Å². The molecule has 61 valence electrons. The van der Waals surface area contributed by atoms with Crippen LogP contribution in [0, 0.1) is 6.10 Å². The zero-order valence-corrected chi connectivity index (χ0v) is 7.31. The van der Waals surface area contributed by atoms with E-state index in [0.29, 0.717) is 0 Å². The lowest BCUT2D eigenvalue weighted by Crippen LogP contribution is -2.19. The molecular formula is C8H17O2. The maximum Gasteiger partial charge on any atom is 0.122 e. The van der Waals surface area contributed by atoms with Gasteiger partial charge in [0.1, 0.15) is 6.10 Å². The van der Waals surface area contributed by atoms with Crippen LogP contribution in [0.4, 0.5) is 0 Å².